The number of ether oxygens (including phenoxy) is 1. The Morgan fingerprint density at radius 3 is 2.68 bits per heavy atom. The standard InChI is InChI=1S/C14H12Cl2N2O3S/c1-7-3-4-11(22-7)14(20)21-8(2)13(19)18-12-10(16)5-9(15)6-17-12/h3-6,8H,1-2H3,(H,17,18,19)/t8-/m1/s1. The molecule has 1 amide bonds. The first-order chi connectivity index (χ1) is 10.4. The Bertz CT molecular complexity index is 718. The smallest absolute Gasteiger partial charge is 0.349 e. The summed E-state index contributed by atoms with van der Waals surface area (Å²) in [6, 6.07) is 4.92. The van der Waals surface area contributed by atoms with E-state index in [9.17, 15) is 9.59 Å². The maximum atomic E-state index is 12.0. The van der Waals surface area contributed by atoms with Gasteiger partial charge in [0.1, 0.15) is 4.88 Å². The van der Waals surface area contributed by atoms with E-state index in [1.807, 2.05) is 13.0 Å². The van der Waals surface area contributed by atoms with Crippen LogP contribution in [0.4, 0.5) is 5.82 Å². The molecule has 0 bridgehead atoms. The van der Waals surface area contributed by atoms with Crippen molar-refractivity contribution in [2.75, 3.05) is 5.32 Å². The maximum Gasteiger partial charge on any atom is 0.349 e. The molecule has 1 N–H and O–H groups in total. The minimum atomic E-state index is -0.983. The van der Waals surface area contributed by atoms with Crippen molar-refractivity contribution < 1.29 is 14.3 Å². The van der Waals surface area contributed by atoms with E-state index in [0.717, 1.165) is 4.88 Å². The lowest BCUT2D eigenvalue weighted by Crippen LogP contribution is -2.30. The van der Waals surface area contributed by atoms with Crippen molar-refractivity contribution in [1.82, 2.24) is 4.98 Å². The zero-order valence-corrected chi connectivity index (χ0v) is 14.1. The van der Waals surface area contributed by atoms with E-state index >= 15 is 0 Å². The summed E-state index contributed by atoms with van der Waals surface area (Å²) >= 11 is 12.9. The van der Waals surface area contributed by atoms with Crippen LogP contribution < -0.4 is 5.32 Å². The minimum absolute atomic E-state index is 0.158. The van der Waals surface area contributed by atoms with Crippen LogP contribution >= 0.6 is 34.5 Å². The number of nitrogens with zero attached hydrogens (tertiary/aromatic N) is 1. The number of thiophene rings is 1. The highest BCUT2D eigenvalue weighted by Crippen LogP contribution is 2.23. The molecule has 0 aromatic carbocycles. The van der Waals surface area contributed by atoms with Gasteiger partial charge in [0, 0.05) is 11.1 Å². The van der Waals surface area contributed by atoms with Crippen molar-refractivity contribution in [3.63, 3.8) is 0 Å². The van der Waals surface area contributed by atoms with Gasteiger partial charge in [-0.05, 0) is 32.0 Å². The third-order valence-corrected chi connectivity index (χ3v) is 4.12. The van der Waals surface area contributed by atoms with E-state index in [2.05, 4.69) is 10.3 Å². The first kappa shape index (κ1) is 16.7. The lowest BCUT2D eigenvalue weighted by molar-refractivity contribution is -0.123. The average molecular weight is 359 g/mol. The molecule has 2 aromatic rings. The summed E-state index contributed by atoms with van der Waals surface area (Å²) in [5.74, 6) is -0.916. The summed E-state index contributed by atoms with van der Waals surface area (Å²) < 4.78 is 5.11. The molecular weight excluding hydrogens is 347 g/mol. The van der Waals surface area contributed by atoms with Crippen molar-refractivity contribution in [1.29, 1.82) is 0 Å². The fraction of sp³-hybridized carbons (Fsp3) is 0.214. The Kier molecular flexibility index (Phi) is 5.39. The monoisotopic (exact) mass is 358 g/mol. The second-order valence-corrected chi connectivity index (χ2v) is 6.56. The summed E-state index contributed by atoms with van der Waals surface area (Å²) in [4.78, 5) is 29.2. The van der Waals surface area contributed by atoms with Crippen LogP contribution in [0.5, 0.6) is 0 Å². The zero-order chi connectivity index (χ0) is 16.3. The predicted molar refractivity (Wildman–Crippen MR) is 86.8 cm³/mol. The highest BCUT2D eigenvalue weighted by atomic mass is 35.5. The average Bonchev–Trinajstić information content (AvgIpc) is 2.88. The van der Waals surface area contributed by atoms with E-state index in [1.165, 1.54) is 30.5 Å². The van der Waals surface area contributed by atoms with Gasteiger partial charge in [0.25, 0.3) is 5.91 Å². The van der Waals surface area contributed by atoms with Crippen molar-refractivity contribution in [2.24, 2.45) is 0 Å². The normalized spacial score (nSPS) is 11.8. The summed E-state index contributed by atoms with van der Waals surface area (Å²) in [6.45, 7) is 3.35. The van der Waals surface area contributed by atoms with Crippen LogP contribution in [0, 0.1) is 6.92 Å². The number of rotatable bonds is 4. The Hall–Kier alpha value is -1.63. The lowest BCUT2D eigenvalue weighted by Gasteiger charge is -2.13. The van der Waals surface area contributed by atoms with Crippen molar-refractivity contribution >= 4 is 52.2 Å². The molecule has 22 heavy (non-hydrogen) atoms. The number of aromatic nitrogens is 1. The number of anilines is 1. The minimum Gasteiger partial charge on any atom is -0.448 e. The summed E-state index contributed by atoms with van der Waals surface area (Å²) in [5, 5.41) is 3.04. The Balaban J connectivity index is 1.98. The molecule has 0 aliphatic carbocycles. The second kappa shape index (κ2) is 7.09. The van der Waals surface area contributed by atoms with Crippen LogP contribution in [0.3, 0.4) is 0 Å². The number of amides is 1. The van der Waals surface area contributed by atoms with Gasteiger partial charge in [-0.2, -0.15) is 0 Å². The third-order valence-electron chi connectivity index (χ3n) is 2.64. The number of aryl methyl sites for hydroxylation is 1. The van der Waals surface area contributed by atoms with Crippen molar-refractivity contribution in [3.8, 4) is 0 Å². The predicted octanol–water partition coefficient (Wildman–Crippen LogP) is 3.94. The van der Waals surface area contributed by atoms with Crippen LogP contribution in [-0.4, -0.2) is 23.0 Å². The molecule has 0 saturated carbocycles. The van der Waals surface area contributed by atoms with E-state index in [-0.39, 0.29) is 10.8 Å². The van der Waals surface area contributed by atoms with Crippen LogP contribution in [0.15, 0.2) is 24.4 Å². The van der Waals surface area contributed by atoms with Crippen LogP contribution in [0.2, 0.25) is 10.0 Å². The van der Waals surface area contributed by atoms with Gasteiger partial charge >= 0.3 is 5.97 Å². The number of hydrogen-bond acceptors (Lipinski definition) is 5. The lowest BCUT2D eigenvalue weighted by atomic mass is 10.3. The van der Waals surface area contributed by atoms with Gasteiger partial charge in [-0.1, -0.05) is 23.2 Å². The van der Waals surface area contributed by atoms with Crippen molar-refractivity contribution in [3.05, 3.63) is 44.2 Å². The van der Waals surface area contributed by atoms with E-state index < -0.39 is 18.0 Å². The van der Waals surface area contributed by atoms with E-state index in [4.69, 9.17) is 27.9 Å². The number of halogens is 2. The molecule has 1 atom stereocenters. The number of carbonyl (C=O) groups excluding carboxylic acids is 2. The molecule has 5 nitrogen and oxygen atoms in total. The summed E-state index contributed by atoms with van der Waals surface area (Å²) in [7, 11) is 0. The molecule has 2 rings (SSSR count). The first-order valence-corrected chi connectivity index (χ1v) is 7.83. The molecular formula is C14H12Cl2N2O3S. The van der Waals surface area contributed by atoms with Gasteiger partial charge < -0.3 is 10.1 Å². The van der Waals surface area contributed by atoms with Gasteiger partial charge in [-0.15, -0.1) is 11.3 Å². The van der Waals surface area contributed by atoms with Crippen LogP contribution in [0.25, 0.3) is 0 Å². The first-order valence-electron chi connectivity index (χ1n) is 6.26. The second-order valence-electron chi connectivity index (χ2n) is 4.43. The molecule has 0 aliphatic heterocycles. The van der Waals surface area contributed by atoms with E-state index in [0.29, 0.717) is 9.90 Å². The number of esters is 1. The quantitative estimate of drug-likeness (QED) is 0.840. The Labute approximate surface area is 141 Å². The molecule has 2 aromatic heterocycles. The van der Waals surface area contributed by atoms with Gasteiger partial charge in [0.15, 0.2) is 11.9 Å². The number of carbonyl (C=O) groups is 2. The highest BCUT2D eigenvalue weighted by Gasteiger charge is 2.21. The summed E-state index contributed by atoms with van der Waals surface area (Å²) in [6.07, 6.45) is 0.372. The maximum absolute atomic E-state index is 12.0. The van der Waals surface area contributed by atoms with Crippen LogP contribution in [0.1, 0.15) is 21.5 Å². The highest BCUT2D eigenvalue weighted by molar-refractivity contribution is 7.13. The third kappa shape index (κ3) is 4.19. The SMILES string of the molecule is Cc1ccc(C(=O)O[C@H](C)C(=O)Nc2ncc(Cl)cc2Cl)s1. The largest absolute Gasteiger partial charge is 0.448 e. The van der Waals surface area contributed by atoms with Crippen molar-refractivity contribution in [2.45, 2.75) is 20.0 Å². The molecule has 0 unspecified atom stereocenters. The molecule has 8 heteroatoms. The molecule has 0 aliphatic rings. The fourth-order valence-electron chi connectivity index (χ4n) is 1.54. The molecule has 0 saturated heterocycles. The topological polar surface area (TPSA) is 68.3 Å². The van der Waals surface area contributed by atoms with Gasteiger partial charge in [0.05, 0.1) is 10.0 Å². The molecule has 0 fully saturated rings. The number of hydrogen-bond donors (Lipinski definition) is 1. The van der Waals surface area contributed by atoms with Gasteiger partial charge in [-0.25, -0.2) is 9.78 Å². The Morgan fingerprint density at radius 1 is 1.36 bits per heavy atom. The summed E-state index contributed by atoms with van der Waals surface area (Å²) in [5.41, 5.74) is 0. The number of nitrogens with one attached hydrogen (secondary N) is 1. The molecule has 2 heterocycles. The Morgan fingerprint density at radius 2 is 2.09 bits per heavy atom. The zero-order valence-electron chi connectivity index (χ0n) is 11.7. The molecule has 0 radical (unpaired) electrons. The van der Waals surface area contributed by atoms with E-state index in [1.54, 1.807) is 6.07 Å². The molecule has 0 spiro atoms. The van der Waals surface area contributed by atoms with Crippen LogP contribution in [-0.2, 0) is 9.53 Å². The number of pyridine rings is 1. The molecule has 116 valence electrons. The van der Waals surface area contributed by atoms with Gasteiger partial charge in [-0.3, -0.25) is 4.79 Å². The van der Waals surface area contributed by atoms with Gasteiger partial charge in [0.2, 0.25) is 0 Å². The fourth-order valence-corrected chi connectivity index (χ4v) is 2.72.